The molecule has 3 rings (SSSR count). The fourth-order valence-corrected chi connectivity index (χ4v) is 3.74. The Morgan fingerprint density at radius 1 is 1.35 bits per heavy atom. The molecule has 0 radical (unpaired) electrons. The molecule has 0 aromatic carbocycles. The number of nitrogens with zero attached hydrogens (tertiary/aromatic N) is 3. The Morgan fingerprint density at radius 3 is 3.05 bits per heavy atom. The summed E-state index contributed by atoms with van der Waals surface area (Å²) in [7, 11) is 0. The standard InChI is InChI=1S/C15H25N3O2/c1-12-16-17-14(20-12)6-4-9-18-10-8-15(19)7-3-2-5-13(15)11-18/h13,19H,2-11H2,1H3. The maximum absolute atomic E-state index is 10.7. The maximum atomic E-state index is 10.7. The van der Waals surface area contributed by atoms with Gasteiger partial charge in [0.25, 0.3) is 0 Å². The molecular weight excluding hydrogens is 254 g/mol. The molecule has 5 nitrogen and oxygen atoms in total. The second-order valence-corrected chi connectivity index (χ2v) is 6.42. The van der Waals surface area contributed by atoms with Crippen LogP contribution in [0, 0.1) is 12.8 Å². The molecule has 1 saturated heterocycles. The Kier molecular flexibility index (Phi) is 4.08. The minimum Gasteiger partial charge on any atom is -0.426 e. The van der Waals surface area contributed by atoms with Crippen LogP contribution < -0.4 is 0 Å². The predicted octanol–water partition coefficient (Wildman–Crippen LogP) is 1.94. The van der Waals surface area contributed by atoms with Crippen LogP contribution in [0.1, 0.15) is 50.3 Å². The van der Waals surface area contributed by atoms with Crippen molar-refractivity contribution in [2.75, 3.05) is 19.6 Å². The average Bonchev–Trinajstić information content (AvgIpc) is 2.84. The molecule has 0 amide bonds. The van der Waals surface area contributed by atoms with Gasteiger partial charge in [-0.3, -0.25) is 0 Å². The molecule has 2 fully saturated rings. The number of aryl methyl sites for hydroxylation is 2. The van der Waals surface area contributed by atoms with Crippen LogP contribution in [0.15, 0.2) is 4.42 Å². The molecule has 1 saturated carbocycles. The molecule has 20 heavy (non-hydrogen) atoms. The van der Waals surface area contributed by atoms with Gasteiger partial charge in [-0.2, -0.15) is 0 Å². The first-order chi connectivity index (χ1) is 9.66. The summed E-state index contributed by atoms with van der Waals surface area (Å²) in [4.78, 5) is 2.49. The molecule has 0 spiro atoms. The number of aliphatic hydroxyl groups is 1. The van der Waals surface area contributed by atoms with Gasteiger partial charge >= 0.3 is 0 Å². The van der Waals surface area contributed by atoms with Crippen molar-refractivity contribution in [3.63, 3.8) is 0 Å². The van der Waals surface area contributed by atoms with Gasteiger partial charge in [0.1, 0.15) is 0 Å². The second kappa shape index (κ2) is 5.82. The van der Waals surface area contributed by atoms with Crippen molar-refractivity contribution < 1.29 is 9.52 Å². The first-order valence-electron chi connectivity index (χ1n) is 7.89. The zero-order valence-electron chi connectivity index (χ0n) is 12.3. The molecule has 1 aliphatic heterocycles. The summed E-state index contributed by atoms with van der Waals surface area (Å²) in [5.41, 5.74) is -0.363. The van der Waals surface area contributed by atoms with E-state index in [9.17, 15) is 5.11 Å². The van der Waals surface area contributed by atoms with E-state index in [1.807, 2.05) is 6.92 Å². The normalized spacial score (nSPS) is 31.2. The molecule has 1 aromatic heterocycles. The number of rotatable bonds is 4. The van der Waals surface area contributed by atoms with Crippen molar-refractivity contribution in [2.24, 2.45) is 5.92 Å². The van der Waals surface area contributed by atoms with Crippen LogP contribution in [0.2, 0.25) is 0 Å². The van der Waals surface area contributed by atoms with Crippen molar-refractivity contribution in [2.45, 2.75) is 57.5 Å². The van der Waals surface area contributed by atoms with E-state index < -0.39 is 0 Å². The fraction of sp³-hybridized carbons (Fsp3) is 0.867. The highest BCUT2D eigenvalue weighted by Gasteiger charge is 2.42. The van der Waals surface area contributed by atoms with Crippen molar-refractivity contribution in [3.05, 3.63) is 11.8 Å². The zero-order chi connectivity index (χ0) is 14.0. The third kappa shape index (κ3) is 3.04. The topological polar surface area (TPSA) is 62.4 Å². The summed E-state index contributed by atoms with van der Waals surface area (Å²) in [6.45, 7) is 4.97. The third-order valence-corrected chi connectivity index (χ3v) is 4.94. The van der Waals surface area contributed by atoms with Crippen LogP contribution in [0.5, 0.6) is 0 Å². The first-order valence-corrected chi connectivity index (χ1v) is 7.89. The molecular formula is C15H25N3O2. The van der Waals surface area contributed by atoms with Gasteiger partial charge in [-0.1, -0.05) is 12.8 Å². The van der Waals surface area contributed by atoms with Gasteiger partial charge in [0, 0.05) is 32.4 Å². The maximum Gasteiger partial charge on any atom is 0.216 e. The van der Waals surface area contributed by atoms with Gasteiger partial charge < -0.3 is 14.4 Å². The molecule has 0 bridgehead atoms. The Hall–Kier alpha value is -0.940. The van der Waals surface area contributed by atoms with Gasteiger partial charge in [-0.15, -0.1) is 10.2 Å². The lowest BCUT2D eigenvalue weighted by Gasteiger charge is -2.47. The smallest absolute Gasteiger partial charge is 0.216 e. The fourth-order valence-electron chi connectivity index (χ4n) is 3.74. The monoisotopic (exact) mass is 279 g/mol. The first kappa shape index (κ1) is 14.0. The molecule has 112 valence electrons. The lowest BCUT2D eigenvalue weighted by molar-refractivity contribution is -0.0953. The summed E-state index contributed by atoms with van der Waals surface area (Å²) in [5, 5.41) is 18.5. The predicted molar refractivity (Wildman–Crippen MR) is 75.3 cm³/mol. The van der Waals surface area contributed by atoms with E-state index in [4.69, 9.17) is 4.42 Å². The number of fused-ring (bicyclic) bond motifs is 1. The Balaban J connectivity index is 1.45. The highest BCUT2D eigenvalue weighted by atomic mass is 16.4. The highest BCUT2D eigenvalue weighted by Crippen LogP contribution is 2.39. The van der Waals surface area contributed by atoms with E-state index in [-0.39, 0.29) is 5.60 Å². The molecule has 1 aromatic rings. The van der Waals surface area contributed by atoms with Crippen LogP contribution >= 0.6 is 0 Å². The Morgan fingerprint density at radius 2 is 2.25 bits per heavy atom. The number of hydrogen-bond donors (Lipinski definition) is 1. The van der Waals surface area contributed by atoms with E-state index in [1.165, 1.54) is 19.3 Å². The van der Waals surface area contributed by atoms with E-state index in [0.717, 1.165) is 51.2 Å². The van der Waals surface area contributed by atoms with Crippen LogP contribution in [0.4, 0.5) is 0 Å². The summed E-state index contributed by atoms with van der Waals surface area (Å²) < 4.78 is 5.39. The summed E-state index contributed by atoms with van der Waals surface area (Å²) in [5.74, 6) is 1.87. The van der Waals surface area contributed by atoms with E-state index in [0.29, 0.717) is 11.8 Å². The van der Waals surface area contributed by atoms with Gasteiger partial charge in [0.05, 0.1) is 5.60 Å². The SMILES string of the molecule is Cc1nnc(CCCN2CCC3(O)CCCCC3C2)o1. The lowest BCUT2D eigenvalue weighted by atomic mass is 9.71. The number of aromatic nitrogens is 2. The average molecular weight is 279 g/mol. The van der Waals surface area contributed by atoms with Crippen molar-refractivity contribution >= 4 is 0 Å². The van der Waals surface area contributed by atoms with Gasteiger partial charge in [0.15, 0.2) is 0 Å². The molecule has 2 aliphatic rings. The van der Waals surface area contributed by atoms with Crippen LogP contribution in [-0.2, 0) is 6.42 Å². The highest BCUT2D eigenvalue weighted by molar-refractivity contribution is 4.95. The van der Waals surface area contributed by atoms with Crippen LogP contribution in [-0.4, -0.2) is 45.4 Å². The minimum atomic E-state index is -0.363. The van der Waals surface area contributed by atoms with Gasteiger partial charge in [-0.25, -0.2) is 0 Å². The summed E-state index contributed by atoms with van der Waals surface area (Å²) >= 11 is 0. The molecule has 1 N–H and O–H groups in total. The summed E-state index contributed by atoms with van der Waals surface area (Å²) in [6.07, 6.45) is 7.52. The van der Waals surface area contributed by atoms with E-state index in [2.05, 4.69) is 15.1 Å². The molecule has 2 unspecified atom stereocenters. The molecule has 1 aliphatic carbocycles. The molecule has 2 heterocycles. The van der Waals surface area contributed by atoms with Crippen LogP contribution in [0.25, 0.3) is 0 Å². The van der Waals surface area contributed by atoms with Crippen molar-refractivity contribution in [1.82, 2.24) is 15.1 Å². The lowest BCUT2D eigenvalue weighted by Crippen LogP contribution is -2.53. The quantitative estimate of drug-likeness (QED) is 0.912. The Bertz CT molecular complexity index is 448. The van der Waals surface area contributed by atoms with Crippen molar-refractivity contribution in [1.29, 1.82) is 0 Å². The number of likely N-dealkylation sites (tertiary alicyclic amines) is 1. The van der Waals surface area contributed by atoms with Crippen LogP contribution in [0.3, 0.4) is 0 Å². The molecule has 2 atom stereocenters. The third-order valence-electron chi connectivity index (χ3n) is 4.94. The van der Waals surface area contributed by atoms with Gasteiger partial charge in [-0.05, 0) is 32.2 Å². The summed E-state index contributed by atoms with van der Waals surface area (Å²) in [6, 6.07) is 0. The van der Waals surface area contributed by atoms with Crippen molar-refractivity contribution in [3.8, 4) is 0 Å². The number of piperidine rings is 1. The largest absolute Gasteiger partial charge is 0.426 e. The zero-order valence-corrected chi connectivity index (χ0v) is 12.3. The van der Waals surface area contributed by atoms with Gasteiger partial charge in [0.2, 0.25) is 11.8 Å². The second-order valence-electron chi connectivity index (χ2n) is 6.42. The molecule has 5 heteroatoms. The number of hydrogen-bond acceptors (Lipinski definition) is 5. The minimum absolute atomic E-state index is 0.363. The van der Waals surface area contributed by atoms with E-state index >= 15 is 0 Å². The Labute approximate surface area is 120 Å². The van der Waals surface area contributed by atoms with E-state index in [1.54, 1.807) is 0 Å².